The maximum Gasteiger partial charge on any atom is 0.326 e. The van der Waals surface area contributed by atoms with E-state index in [0.717, 1.165) is 22.2 Å². The van der Waals surface area contributed by atoms with Crippen LogP contribution in [0.5, 0.6) is 0 Å². The Morgan fingerprint density at radius 1 is 1.40 bits per heavy atom. The lowest BCUT2D eigenvalue weighted by molar-refractivity contribution is -0.384. The molecule has 1 aromatic carbocycles. The number of nitro benzene ring substituents is 1. The molecule has 0 bridgehead atoms. The highest BCUT2D eigenvalue weighted by molar-refractivity contribution is 8.26. The maximum atomic E-state index is 12.8. The largest absolute Gasteiger partial charge is 0.480 e. The summed E-state index contributed by atoms with van der Waals surface area (Å²) in [6.07, 6.45) is 2.34. The SMILES string of the molecule is CCCC(C(=O)O)N1C(=O)/C(=C\c2ccc(-c3ccc(C)cc3[N+](=O)[O-])o2)SC1=S. The monoisotopic (exact) mass is 446 g/mol. The number of hydrogen-bond acceptors (Lipinski definition) is 7. The number of nitro groups is 1. The minimum absolute atomic E-state index is 0.0777. The molecule has 1 aliphatic heterocycles. The molecule has 0 saturated carbocycles. The molecule has 1 saturated heterocycles. The molecule has 2 heterocycles. The fourth-order valence-corrected chi connectivity index (χ4v) is 4.43. The molecule has 1 aromatic heterocycles. The van der Waals surface area contributed by atoms with E-state index in [-0.39, 0.29) is 27.1 Å². The van der Waals surface area contributed by atoms with Gasteiger partial charge in [-0.2, -0.15) is 0 Å². The van der Waals surface area contributed by atoms with E-state index in [1.165, 1.54) is 12.1 Å². The van der Waals surface area contributed by atoms with Crippen LogP contribution in [0.3, 0.4) is 0 Å². The maximum absolute atomic E-state index is 12.8. The number of carbonyl (C=O) groups is 2. The number of thiocarbonyl (C=S) groups is 1. The van der Waals surface area contributed by atoms with Crippen molar-refractivity contribution < 1.29 is 24.0 Å². The van der Waals surface area contributed by atoms with E-state index in [1.807, 2.05) is 6.92 Å². The second-order valence-corrected chi connectivity index (χ2v) is 8.35. The van der Waals surface area contributed by atoms with Crippen LogP contribution in [-0.2, 0) is 9.59 Å². The Morgan fingerprint density at radius 3 is 2.77 bits per heavy atom. The van der Waals surface area contributed by atoms with Gasteiger partial charge in [0.25, 0.3) is 11.6 Å². The lowest BCUT2D eigenvalue weighted by Gasteiger charge is -2.22. The van der Waals surface area contributed by atoms with E-state index in [9.17, 15) is 24.8 Å². The number of rotatable bonds is 7. The minimum Gasteiger partial charge on any atom is -0.480 e. The van der Waals surface area contributed by atoms with Crippen LogP contribution < -0.4 is 0 Å². The van der Waals surface area contributed by atoms with Crippen molar-refractivity contribution in [2.75, 3.05) is 0 Å². The first kappa shape index (κ1) is 21.7. The first-order valence-electron chi connectivity index (χ1n) is 9.08. The quantitative estimate of drug-likeness (QED) is 0.284. The van der Waals surface area contributed by atoms with E-state index in [4.69, 9.17) is 16.6 Å². The van der Waals surface area contributed by atoms with Crippen LogP contribution in [0.15, 0.2) is 39.7 Å². The average Bonchev–Trinajstić information content (AvgIpc) is 3.25. The Balaban J connectivity index is 1.91. The van der Waals surface area contributed by atoms with Crippen LogP contribution in [0.2, 0.25) is 0 Å². The molecule has 1 amide bonds. The molecule has 1 N–H and O–H groups in total. The van der Waals surface area contributed by atoms with Crippen LogP contribution in [0.4, 0.5) is 5.69 Å². The summed E-state index contributed by atoms with van der Waals surface area (Å²) in [6.45, 7) is 3.59. The number of carboxylic acid groups (broad SMARTS) is 1. The zero-order valence-electron chi connectivity index (χ0n) is 16.2. The second kappa shape index (κ2) is 8.80. The number of benzene rings is 1. The average molecular weight is 447 g/mol. The van der Waals surface area contributed by atoms with Gasteiger partial charge in [0.2, 0.25) is 0 Å². The Hall–Kier alpha value is -2.98. The Kier molecular flexibility index (Phi) is 6.37. The van der Waals surface area contributed by atoms with Crippen molar-refractivity contribution >= 4 is 51.9 Å². The Bertz CT molecular complexity index is 1070. The van der Waals surface area contributed by atoms with Crippen molar-refractivity contribution in [3.63, 3.8) is 0 Å². The third-order valence-electron chi connectivity index (χ3n) is 4.50. The van der Waals surface area contributed by atoms with Gasteiger partial charge < -0.3 is 9.52 Å². The molecule has 1 unspecified atom stereocenters. The number of amides is 1. The van der Waals surface area contributed by atoms with E-state index in [2.05, 4.69) is 0 Å². The highest BCUT2D eigenvalue weighted by Gasteiger charge is 2.40. The summed E-state index contributed by atoms with van der Waals surface area (Å²) in [5.41, 5.74) is 0.999. The summed E-state index contributed by atoms with van der Waals surface area (Å²) in [7, 11) is 0. The number of aryl methyl sites for hydroxylation is 1. The number of thioether (sulfide) groups is 1. The van der Waals surface area contributed by atoms with Crippen molar-refractivity contribution in [2.45, 2.75) is 32.7 Å². The minimum atomic E-state index is -1.11. The first-order valence-corrected chi connectivity index (χ1v) is 10.3. The van der Waals surface area contributed by atoms with Crippen LogP contribution >= 0.6 is 24.0 Å². The Morgan fingerprint density at radius 2 is 2.13 bits per heavy atom. The molecule has 3 rings (SSSR count). The number of hydrogen-bond donors (Lipinski definition) is 1. The van der Waals surface area contributed by atoms with Crippen molar-refractivity contribution in [3.8, 4) is 11.3 Å². The molecule has 10 heteroatoms. The third-order valence-corrected chi connectivity index (χ3v) is 5.83. The highest BCUT2D eigenvalue weighted by atomic mass is 32.2. The summed E-state index contributed by atoms with van der Waals surface area (Å²) in [6, 6.07) is 6.97. The normalized spacial score (nSPS) is 16.3. The number of aliphatic carboxylic acids is 1. The van der Waals surface area contributed by atoms with Crippen LogP contribution in [0, 0.1) is 17.0 Å². The molecular weight excluding hydrogens is 428 g/mol. The van der Waals surface area contributed by atoms with E-state index < -0.39 is 22.8 Å². The molecule has 1 fully saturated rings. The predicted molar refractivity (Wildman–Crippen MR) is 117 cm³/mol. The van der Waals surface area contributed by atoms with Gasteiger partial charge in [0.05, 0.1) is 15.4 Å². The zero-order chi connectivity index (χ0) is 22.0. The predicted octanol–water partition coefficient (Wildman–Crippen LogP) is 4.62. The van der Waals surface area contributed by atoms with E-state index in [0.29, 0.717) is 17.7 Å². The summed E-state index contributed by atoms with van der Waals surface area (Å²) in [4.78, 5) is 36.5. The van der Waals surface area contributed by atoms with Crippen LogP contribution in [0.1, 0.15) is 31.1 Å². The highest BCUT2D eigenvalue weighted by Crippen LogP contribution is 2.37. The van der Waals surface area contributed by atoms with E-state index in [1.54, 1.807) is 31.2 Å². The van der Waals surface area contributed by atoms with Gasteiger partial charge in [0, 0.05) is 12.1 Å². The fourth-order valence-electron chi connectivity index (χ4n) is 3.09. The van der Waals surface area contributed by atoms with Crippen LogP contribution in [0.25, 0.3) is 17.4 Å². The molecule has 1 atom stereocenters. The molecule has 0 radical (unpaired) electrons. The summed E-state index contributed by atoms with van der Waals surface area (Å²) in [5.74, 6) is -1.01. The van der Waals surface area contributed by atoms with Gasteiger partial charge >= 0.3 is 5.97 Å². The smallest absolute Gasteiger partial charge is 0.326 e. The lowest BCUT2D eigenvalue weighted by atomic mass is 10.1. The van der Waals surface area contributed by atoms with Crippen LogP contribution in [-0.4, -0.2) is 37.2 Å². The third kappa shape index (κ3) is 4.29. The van der Waals surface area contributed by atoms with Crippen molar-refractivity contribution in [1.82, 2.24) is 4.90 Å². The number of carboxylic acids is 1. The molecule has 30 heavy (non-hydrogen) atoms. The molecular formula is C20H18N2O6S2. The molecule has 156 valence electrons. The molecule has 0 spiro atoms. The zero-order valence-corrected chi connectivity index (χ0v) is 17.8. The topological polar surface area (TPSA) is 114 Å². The van der Waals surface area contributed by atoms with Gasteiger partial charge in [-0.3, -0.25) is 19.8 Å². The van der Waals surface area contributed by atoms with Gasteiger partial charge in [-0.05, 0) is 37.1 Å². The van der Waals surface area contributed by atoms with Crippen molar-refractivity contribution in [3.05, 3.63) is 56.7 Å². The van der Waals surface area contributed by atoms with Gasteiger partial charge in [-0.1, -0.05) is 43.4 Å². The van der Waals surface area contributed by atoms with Crippen molar-refractivity contribution in [2.24, 2.45) is 0 Å². The van der Waals surface area contributed by atoms with Gasteiger partial charge in [0.15, 0.2) is 0 Å². The fraction of sp³-hybridized carbons (Fsp3) is 0.250. The first-order chi connectivity index (χ1) is 14.2. The Labute approximate surface area is 181 Å². The molecule has 2 aromatic rings. The number of nitrogens with zero attached hydrogens (tertiary/aromatic N) is 2. The molecule has 0 aliphatic carbocycles. The van der Waals surface area contributed by atoms with Crippen molar-refractivity contribution in [1.29, 1.82) is 0 Å². The molecule has 1 aliphatic rings. The number of carbonyl (C=O) groups excluding carboxylic acids is 1. The van der Waals surface area contributed by atoms with Gasteiger partial charge in [-0.25, -0.2) is 4.79 Å². The summed E-state index contributed by atoms with van der Waals surface area (Å²) < 4.78 is 5.89. The number of furan rings is 1. The van der Waals surface area contributed by atoms with Gasteiger partial charge in [-0.15, -0.1) is 0 Å². The second-order valence-electron chi connectivity index (χ2n) is 6.67. The summed E-state index contributed by atoms with van der Waals surface area (Å²) >= 11 is 6.22. The summed E-state index contributed by atoms with van der Waals surface area (Å²) in [5, 5.41) is 20.8. The van der Waals surface area contributed by atoms with Gasteiger partial charge in [0.1, 0.15) is 21.9 Å². The molecule has 8 nitrogen and oxygen atoms in total. The lowest BCUT2D eigenvalue weighted by Crippen LogP contribution is -2.43. The standard InChI is InChI=1S/C20H18N2O6S2/c1-3-4-14(19(24)25)21-18(23)17(30-20(21)29)10-12-6-8-16(28-12)13-7-5-11(2)9-15(13)22(26)27/h5-10,14H,3-4H2,1-2H3,(H,24,25)/b17-10+. The van der Waals surface area contributed by atoms with E-state index >= 15 is 0 Å².